The molecule has 6 heteroatoms. The Balaban J connectivity index is 1.35. The Morgan fingerprint density at radius 3 is 2.03 bits per heavy atom. The minimum atomic E-state index is -0.329. The van der Waals surface area contributed by atoms with E-state index in [1.807, 2.05) is 30.3 Å². The van der Waals surface area contributed by atoms with Crippen LogP contribution in [0.15, 0.2) is 66.7 Å². The Labute approximate surface area is 182 Å². The Hall–Kier alpha value is -3.54. The molecule has 0 bridgehead atoms. The third-order valence-electron chi connectivity index (χ3n) is 5.62. The van der Waals surface area contributed by atoms with Crippen LogP contribution in [0.5, 0.6) is 5.75 Å². The van der Waals surface area contributed by atoms with E-state index in [2.05, 4.69) is 34.2 Å². The van der Waals surface area contributed by atoms with Gasteiger partial charge in [-0.2, -0.15) is 0 Å². The molecule has 1 saturated heterocycles. The van der Waals surface area contributed by atoms with Gasteiger partial charge in [-0.1, -0.05) is 0 Å². The van der Waals surface area contributed by atoms with Crippen molar-refractivity contribution in [2.45, 2.75) is 6.92 Å². The highest BCUT2D eigenvalue weighted by atomic mass is 19.1. The zero-order valence-electron chi connectivity index (χ0n) is 17.8. The number of methoxy groups -OCH3 is 1. The Morgan fingerprint density at radius 2 is 1.45 bits per heavy atom. The zero-order chi connectivity index (χ0) is 21.8. The molecule has 3 aromatic carbocycles. The van der Waals surface area contributed by atoms with E-state index < -0.39 is 0 Å². The van der Waals surface area contributed by atoms with E-state index in [1.165, 1.54) is 17.8 Å². The molecule has 1 N–H and O–H groups in total. The Morgan fingerprint density at radius 1 is 0.871 bits per heavy atom. The number of aryl methyl sites for hydroxylation is 1. The first kappa shape index (κ1) is 20.7. The van der Waals surface area contributed by atoms with E-state index in [1.54, 1.807) is 19.2 Å². The second kappa shape index (κ2) is 9.08. The SMILES string of the molecule is COc1ccc(N2CCN(c3ccc(C(=O)Nc4ccc(F)cc4)cc3)CC2)cc1C. The van der Waals surface area contributed by atoms with Gasteiger partial charge in [0, 0.05) is 48.8 Å². The second-order valence-electron chi connectivity index (χ2n) is 7.64. The van der Waals surface area contributed by atoms with E-state index in [-0.39, 0.29) is 11.7 Å². The highest BCUT2D eigenvalue weighted by Crippen LogP contribution is 2.26. The monoisotopic (exact) mass is 419 g/mol. The molecule has 1 aliphatic heterocycles. The minimum absolute atomic E-state index is 0.210. The first-order valence-electron chi connectivity index (χ1n) is 10.3. The van der Waals surface area contributed by atoms with Crippen molar-refractivity contribution >= 4 is 23.0 Å². The highest BCUT2D eigenvalue weighted by molar-refractivity contribution is 6.04. The van der Waals surface area contributed by atoms with Crippen LogP contribution in [-0.4, -0.2) is 39.2 Å². The summed E-state index contributed by atoms with van der Waals surface area (Å²) in [5.41, 5.74) is 4.59. The van der Waals surface area contributed by atoms with Gasteiger partial charge in [0.2, 0.25) is 0 Å². The lowest BCUT2D eigenvalue weighted by Gasteiger charge is -2.37. The first-order chi connectivity index (χ1) is 15.0. The fourth-order valence-corrected chi connectivity index (χ4v) is 3.84. The van der Waals surface area contributed by atoms with Crippen LogP contribution in [0.4, 0.5) is 21.5 Å². The van der Waals surface area contributed by atoms with Crippen molar-refractivity contribution in [2.24, 2.45) is 0 Å². The van der Waals surface area contributed by atoms with Crippen molar-refractivity contribution in [3.05, 3.63) is 83.7 Å². The standard InChI is InChI=1S/C25H26FN3O2/c1-18-17-23(11-12-24(18)31-2)29-15-13-28(14-16-29)22-9-3-19(4-10-22)25(30)27-21-7-5-20(26)6-8-21/h3-12,17H,13-16H2,1-2H3,(H,27,30). The lowest BCUT2D eigenvalue weighted by atomic mass is 10.1. The lowest BCUT2D eigenvalue weighted by molar-refractivity contribution is 0.102. The Bertz CT molecular complexity index is 1040. The zero-order valence-corrected chi connectivity index (χ0v) is 17.8. The summed E-state index contributed by atoms with van der Waals surface area (Å²) in [6, 6.07) is 19.7. The van der Waals surface area contributed by atoms with E-state index in [0.717, 1.165) is 43.2 Å². The van der Waals surface area contributed by atoms with Crippen molar-refractivity contribution < 1.29 is 13.9 Å². The van der Waals surface area contributed by atoms with Crippen LogP contribution in [0.3, 0.4) is 0 Å². The van der Waals surface area contributed by atoms with Crippen molar-refractivity contribution in [3.63, 3.8) is 0 Å². The predicted molar refractivity (Wildman–Crippen MR) is 123 cm³/mol. The van der Waals surface area contributed by atoms with Crippen molar-refractivity contribution in [1.82, 2.24) is 0 Å². The van der Waals surface area contributed by atoms with Crippen LogP contribution in [0, 0.1) is 12.7 Å². The molecule has 0 spiro atoms. The van der Waals surface area contributed by atoms with Crippen molar-refractivity contribution in [1.29, 1.82) is 0 Å². The molecule has 1 fully saturated rings. The van der Waals surface area contributed by atoms with Gasteiger partial charge in [0.1, 0.15) is 11.6 Å². The van der Waals surface area contributed by atoms with Gasteiger partial charge in [-0.05, 0) is 79.2 Å². The van der Waals surface area contributed by atoms with Gasteiger partial charge in [0.25, 0.3) is 5.91 Å². The quantitative estimate of drug-likeness (QED) is 0.650. The summed E-state index contributed by atoms with van der Waals surface area (Å²) in [4.78, 5) is 17.1. The molecule has 0 unspecified atom stereocenters. The third-order valence-corrected chi connectivity index (χ3v) is 5.62. The number of nitrogens with one attached hydrogen (secondary N) is 1. The minimum Gasteiger partial charge on any atom is -0.496 e. The summed E-state index contributed by atoms with van der Waals surface area (Å²) in [5, 5.41) is 2.79. The number of rotatable bonds is 5. The number of halogens is 1. The number of benzene rings is 3. The number of hydrogen-bond donors (Lipinski definition) is 1. The summed E-state index contributed by atoms with van der Waals surface area (Å²) in [5.74, 6) is 0.369. The summed E-state index contributed by atoms with van der Waals surface area (Å²) in [6.45, 7) is 5.74. The smallest absolute Gasteiger partial charge is 0.255 e. The normalized spacial score (nSPS) is 13.8. The largest absolute Gasteiger partial charge is 0.496 e. The maximum Gasteiger partial charge on any atom is 0.255 e. The van der Waals surface area contributed by atoms with Crippen molar-refractivity contribution in [2.75, 3.05) is 48.4 Å². The third kappa shape index (κ3) is 4.79. The number of hydrogen-bond acceptors (Lipinski definition) is 4. The Kier molecular flexibility index (Phi) is 6.07. The molecule has 1 aliphatic rings. The van der Waals surface area contributed by atoms with Crippen LogP contribution >= 0.6 is 0 Å². The lowest BCUT2D eigenvalue weighted by Crippen LogP contribution is -2.46. The van der Waals surface area contributed by atoms with E-state index in [0.29, 0.717) is 11.3 Å². The van der Waals surface area contributed by atoms with E-state index in [9.17, 15) is 9.18 Å². The molecule has 0 aliphatic carbocycles. The van der Waals surface area contributed by atoms with Gasteiger partial charge < -0.3 is 19.9 Å². The fraction of sp³-hybridized carbons (Fsp3) is 0.240. The number of carbonyl (C=O) groups excluding carboxylic acids is 1. The van der Waals surface area contributed by atoms with E-state index in [4.69, 9.17) is 4.74 Å². The molecule has 0 aromatic heterocycles. The van der Waals surface area contributed by atoms with Crippen LogP contribution in [0.2, 0.25) is 0 Å². The van der Waals surface area contributed by atoms with Crippen LogP contribution in [0.1, 0.15) is 15.9 Å². The predicted octanol–water partition coefficient (Wildman–Crippen LogP) is 4.72. The number of anilines is 3. The van der Waals surface area contributed by atoms with Gasteiger partial charge in [-0.3, -0.25) is 4.79 Å². The van der Waals surface area contributed by atoms with Gasteiger partial charge in [0.05, 0.1) is 7.11 Å². The molecule has 1 amide bonds. The molecule has 5 nitrogen and oxygen atoms in total. The number of nitrogens with zero attached hydrogens (tertiary/aromatic N) is 2. The molecule has 4 rings (SSSR count). The summed E-state index contributed by atoms with van der Waals surface area (Å²) >= 11 is 0. The average molecular weight is 420 g/mol. The highest BCUT2D eigenvalue weighted by Gasteiger charge is 2.18. The van der Waals surface area contributed by atoms with E-state index >= 15 is 0 Å². The van der Waals surface area contributed by atoms with Gasteiger partial charge in [-0.25, -0.2) is 4.39 Å². The molecule has 3 aromatic rings. The number of ether oxygens (including phenoxy) is 1. The maximum atomic E-state index is 13.0. The maximum absolute atomic E-state index is 13.0. The van der Waals surface area contributed by atoms with Crippen molar-refractivity contribution in [3.8, 4) is 5.75 Å². The number of piperazine rings is 1. The average Bonchev–Trinajstić information content (AvgIpc) is 2.81. The van der Waals surface area contributed by atoms with Crippen LogP contribution in [0.25, 0.3) is 0 Å². The van der Waals surface area contributed by atoms with Gasteiger partial charge >= 0.3 is 0 Å². The topological polar surface area (TPSA) is 44.8 Å². The molecule has 0 saturated carbocycles. The summed E-state index contributed by atoms with van der Waals surface area (Å²) < 4.78 is 18.4. The fourth-order valence-electron chi connectivity index (χ4n) is 3.84. The molecule has 0 radical (unpaired) electrons. The molecular formula is C25H26FN3O2. The van der Waals surface area contributed by atoms with Gasteiger partial charge in [-0.15, -0.1) is 0 Å². The molecule has 160 valence electrons. The summed E-state index contributed by atoms with van der Waals surface area (Å²) in [6.07, 6.45) is 0. The first-order valence-corrected chi connectivity index (χ1v) is 10.3. The summed E-state index contributed by atoms with van der Waals surface area (Å²) in [7, 11) is 1.69. The number of carbonyl (C=O) groups is 1. The molecular weight excluding hydrogens is 393 g/mol. The second-order valence-corrected chi connectivity index (χ2v) is 7.64. The van der Waals surface area contributed by atoms with Crippen LogP contribution < -0.4 is 19.9 Å². The molecule has 31 heavy (non-hydrogen) atoms. The molecule has 1 heterocycles. The number of amides is 1. The van der Waals surface area contributed by atoms with Gasteiger partial charge in [0.15, 0.2) is 0 Å². The molecule has 0 atom stereocenters. The van der Waals surface area contributed by atoms with Crippen LogP contribution in [-0.2, 0) is 0 Å².